The summed E-state index contributed by atoms with van der Waals surface area (Å²) in [5.74, 6) is 0. The molecule has 0 amide bonds. The Morgan fingerprint density at radius 3 is 2.07 bits per heavy atom. The van der Waals surface area contributed by atoms with Gasteiger partial charge in [0.1, 0.15) is 0 Å². The molecule has 0 nitrogen and oxygen atoms in total. The van der Waals surface area contributed by atoms with Crippen molar-refractivity contribution in [2.45, 2.75) is 33.7 Å². The van der Waals surface area contributed by atoms with Gasteiger partial charge < -0.3 is 24.8 Å². The van der Waals surface area contributed by atoms with E-state index in [9.17, 15) is 0 Å². The molecule has 1 aliphatic rings. The average molecular weight is 518 g/mol. The zero-order chi connectivity index (χ0) is 19.4. The molecule has 3 aromatic rings. The average Bonchev–Trinajstić information content (AvgIpc) is 3.29. The van der Waals surface area contributed by atoms with E-state index in [0.717, 1.165) is 6.42 Å². The standard InChI is InChI=1S/C18H19.C7H8Si.2ClH.Zr/c1-18(2,3)17-9-8-15(12-17)16-10-13-6-4-5-7-14(13)11-16;1-8-7-5-3-2-4-6-7;;;/h4-7,9-12H,8H2,1-3H3;2-6H,1H3;2*1H;/q-1;;;;+2/p-2. The molecule has 1 aliphatic carbocycles. The van der Waals surface area contributed by atoms with E-state index >= 15 is 0 Å². The fourth-order valence-electron chi connectivity index (χ4n) is 3.27. The molecule has 0 fully saturated rings. The van der Waals surface area contributed by atoms with Crippen molar-refractivity contribution in [3.05, 3.63) is 90.0 Å². The smallest absolute Gasteiger partial charge is 1.00 e. The zero-order valence-electron chi connectivity index (χ0n) is 17.5. The van der Waals surface area contributed by atoms with Gasteiger partial charge in [-0.1, -0.05) is 56.7 Å². The van der Waals surface area contributed by atoms with E-state index in [1.807, 2.05) is 0 Å². The topological polar surface area (TPSA) is 0 Å². The number of benzene rings is 2. The Bertz CT molecular complexity index is 975. The van der Waals surface area contributed by atoms with Gasteiger partial charge in [-0.3, -0.25) is 0 Å². The van der Waals surface area contributed by atoms with Crippen molar-refractivity contribution < 1.29 is 48.1 Å². The Hall–Kier alpha value is -0.790. The fraction of sp³-hybridized carbons (Fsp3) is 0.240. The molecule has 0 aromatic heterocycles. The molecule has 0 heterocycles. The summed E-state index contributed by atoms with van der Waals surface area (Å²) in [6.07, 6.45) is 5.81. The van der Waals surface area contributed by atoms with E-state index in [1.54, 1.807) is 28.5 Å². The van der Waals surface area contributed by atoms with Crippen molar-refractivity contribution in [2.75, 3.05) is 0 Å². The van der Waals surface area contributed by atoms with Gasteiger partial charge >= 0.3 is 70.8 Å². The van der Waals surface area contributed by atoms with Gasteiger partial charge in [0.15, 0.2) is 0 Å². The maximum atomic E-state index is 2.37. The maximum absolute atomic E-state index is 2.37. The minimum atomic E-state index is -0.122. The summed E-state index contributed by atoms with van der Waals surface area (Å²) < 4.78 is 0. The minimum absolute atomic E-state index is 0. The molecule has 0 N–H and O–H groups in total. The Balaban J connectivity index is 0.000000329. The number of hydrogen-bond acceptors (Lipinski definition) is 0. The molecule has 0 saturated carbocycles. The predicted octanol–water partition coefficient (Wildman–Crippen LogP) is 0.388. The first-order valence-corrected chi connectivity index (χ1v) is 15.2. The largest absolute Gasteiger partial charge is 1.00 e. The van der Waals surface area contributed by atoms with Crippen LogP contribution in [0, 0.1) is 5.41 Å². The second-order valence-corrected chi connectivity index (χ2v) is 15.5. The summed E-state index contributed by atoms with van der Waals surface area (Å²) in [6, 6.07) is 24.0. The van der Waals surface area contributed by atoms with Gasteiger partial charge in [0.25, 0.3) is 0 Å². The van der Waals surface area contributed by atoms with Crippen molar-refractivity contribution >= 4 is 27.0 Å². The Morgan fingerprint density at radius 1 is 0.931 bits per heavy atom. The summed E-state index contributed by atoms with van der Waals surface area (Å²) >= 11 is 1.69. The van der Waals surface area contributed by atoms with Crippen molar-refractivity contribution in [1.29, 1.82) is 0 Å². The predicted molar refractivity (Wildman–Crippen MR) is 117 cm³/mol. The molecule has 0 unspecified atom stereocenters. The number of halogens is 2. The first kappa shape index (κ1) is 26.2. The maximum Gasteiger partial charge on any atom is -1.00 e. The second kappa shape index (κ2) is 11.6. The van der Waals surface area contributed by atoms with Gasteiger partial charge in [-0.05, 0) is 11.8 Å². The van der Waals surface area contributed by atoms with Crippen LogP contribution in [0.2, 0.25) is 6.55 Å². The number of fused-ring (bicyclic) bond motifs is 1. The van der Waals surface area contributed by atoms with Gasteiger partial charge in [0.2, 0.25) is 0 Å². The Morgan fingerprint density at radius 2 is 1.55 bits per heavy atom. The zero-order valence-corrected chi connectivity index (χ0v) is 22.4. The van der Waals surface area contributed by atoms with Crippen molar-refractivity contribution in [1.82, 2.24) is 0 Å². The first-order chi connectivity index (χ1) is 12.8. The summed E-state index contributed by atoms with van der Waals surface area (Å²) in [5.41, 5.74) is 4.43. The van der Waals surface area contributed by atoms with Crippen LogP contribution in [-0.4, -0.2) is 5.43 Å². The molecule has 150 valence electrons. The van der Waals surface area contributed by atoms with Crippen LogP contribution in [0.4, 0.5) is 0 Å². The molecular weight excluding hydrogens is 490 g/mol. The monoisotopic (exact) mass is 515 g/mol. The summed E-state index contributed by atoms with van der Waals surface area (Å²) in [6.45, 7) is 9.18. The van der Waals surface area contributed by atoms with Gasteiger partial charge in [-0.2, -0.15) is 0 Å². The van der Waals surface area contributed by atoms with E-state index in [2.05, 4.69) is 106 Å². The normalized spacial score (nSPS) is 12.8. The molecule has 3 aromatic carbocycles. The van der Waals surface area contributed by atoms with Crippen molar-refractivity contribution in [2.24, 2.45) is 5.41 Å². The van der Waals surface area contributed by atoms with Crippen LogP contribution >= 0.6 is 0 Å². The quantitative estimate of drug-likeness (QED) is 0.341. The fourth-order valence-corrected chi connectivity index (χ4v) is 5.19. The molecule has 29 heavy (non-hydrogen) atoms. The number of hydrogen-bond donors (Lipinski definition) is 0. The van der Waals surface area contributed by atoms with Gasteiger partial charge in [0.05, 0.1) is 0 Å². The minimum Gasteiger partial charge on any atom is -1.00 e. The van der Waals surface area contributed by atoms with E-state index in [4.69, 9.17) is 0 Å². The van der Waals surface area contributed by atoms with Crippen LogP contribution < -0.4 is 30.0 Å². The molecule has 4 heteroatoms. The van der Waals surface area contributed by atoms with Crippen molar-refractivity contribution in [3.63, 3.8) is 0 Å². The van der Waals surface area contributed by atoms with Crippen molar-refractivity contribution in [3.8, 4) is 0 Å². The molecule has 0 aliphatic heterocycles. The van der Waals surface area contributed by atoms with Gasteiger partial charge in [0, 0.05) is 0 Å². The molecule has 4 rings (SSSR count). The number of allylic oxidation sites excluding steroid dienone is 4. The van der Waals surface area contributed by atoms with E-state index in [-0.39, 0.29) is 35.7 Å². The van der Waals surface area contributed by atoms with E-state index in [0.29, 0.717) is 0 Å². The first-order valence-electron chi connectivity index (χ1n) is 9.52. The van der Waals surface area contributed by atoms with Crippen LogP contribution in [0.25, 0.3) is 16.3 Å². The summed E-state index contributed by atoms with van der Waals surface area (Å²) in [5, 5.41) is 4.25. The van der Waals surface area contributed by atoms with Gasteiger partial charge in [-0.25, -0.2) is 0 Å². The van der Waals surface area contributed by atoms with Gasteiger partial charge in [-0.15, -0.1) is 40.1 Å². The third-order valence-electron chi connectivity index (χ3n) is 4.93. The second-order valence-electron chi connectivity index (χ2n) is 8.15. The molecule has 0 atom stereocenters. The van der Waals surface area contributed by atoms with Crippen LogP contribution in [0.3, 0.4) is 0 Å². The van der Waals surface area contributed by atoms with Crippen LogP contribution in [0.1, 0.15) is 32.8 Å². The van der Waals surface area contributed by atoms with Crippen LogP contribution in [0.5, 0.6) is 0 Å². The molecule has 0 bridgehead atoms. The molecule has 0 spiro atoms. The van der Waals surface area contributed by atoms with Crippen LogP contribution in [-0.2, 0) is 23.3 Å². The molecule has 0 radical (unpaired) electrons. The third kappa shape index (κ3) is 7.14. The molecular formula is C25H27Cl2SiZr-. The third-order valence-corrected chi connectivity index (χ3v) is 8.26. The Labute approximate surface area is 203 Å². The molecule has 0 saturated heterocycles. The summed E-state index contributed by atoms with van der Waals surface area (Å²) in [7, 11) is 0. The van der Waals surface area contributed by atoms with Crippen LogP contribution in [0.15, 0.2) is 84.5 Å². The Kier molecular flexibility index (Phi) is 10.5. The SMILES string of the molecule is CC(C)(C)C1=CCC(c2cc3ccccc3[cH-]2)=C1.C[Si](=[Zr+2])c1ccccc1.[Cl-].[Cl-]. The van der Waals surface area contributed by atoms with E-state index < -0.39 is 0 Å². The summed E-state index contributed by atoms with van der Waals surface area (Å²) in [4.78, 5) is 0. The number of rotatable bonds is 2. The van der Waals surface area contributed by atoms with E-state index in [1.165, 1.54) is 27.5 Å².